The molecule has 0 spiro atoms. The fraction of sp³-hybridized carbons (Fsp3) is 0.556. The van der Waals surface area contributed by atoms with Gasteiger partial charge in [-0.1, -0.05) is 18.2 Å². The van der Waals surface area contributed by atoms with Crippen LogP contribution in [0.4, 0.5) is 0 Å². The van der Waals surface area contributed by atoms with Crippen LogP contribution in [-0.2, 0) is 9.53 Å². The molecule has 2 atom stereocenters. The van der Waals surface area contributed by atoms with Crippen molar-refractivity contribution in [1.82, 2.24) is 9.80 Å². The van der Waals surface area contributed by atoms with Gasteiger partial charge in [0.05, 0.1) is 12.5 Å². The maximum atomic E-state index is 12.8. The second-order valence-corrected chi connectivity index (χ2v) is 6.50. The first-order valence-electron chi connectivity index (χ1n) is 8.24. The average Bonchev–Trinajstić information content (AvgIpc) is 2.99. The molecule has 2 amide bonds. The summed E-state index contributed by atoms with van der Waals surface area (Å²) < 4.78 is 5.08. The molecule has 23 heavy (non-hydrogen) atoms. The van der Waals surface area contributed by atoms with Crippen molar-refractivity contribution >= 4 is 11.8 Å². The molecule has 2 heterocycles. The van der Waals surface area contributed by atoms with Crippen LogP contribution in [0.15, 0.2) is 24.3 Å². The van der Waals surface area contributed by atoms with Crippen molar-refractivity contribution in [3.8, 4) is 0 Å². The largest absolute Gasteiger partial charge is 0.383 e. The number of methoxy groups -OCH3 is 1. The average molecular weight is 316 g/mol. The van der Waals surface area contributed by atoms with E-state index in [0.717, 1.165) is 24.1 Å². The highest BCUT2D eigenvalue weighted by molar-refractivity contribution is 5.96. The molecule has 2 aliphatic rings. The monoisotopic (exact) mass is 316 g/mol. The van der Waals surface area contributed by atoms with Gasteiger partial charge in [0, 0.05) is 38.9 Å². The van der Waals surface area contributed by atoms with Crippen LogP contribution in [0.1, 0.15) is 22.3 Å². The summed E-state index contributed by atoms with van der Waals surface area (Å²) in [5.41, 5.74) is 1.73. The molecule has 0 unspecified atom stereocenters. The normalized spacial score (nSPS) is 24.0. The number of likely N-dealkylation sites (tertiary alicyclic amines) is 2. The quantitative estimate of drug-likeness (QED) is 0.847. The molecule has 5 heteroatoms. The molecule has 0 saturated carbocycles. The first-order valence-corrected chi connectivity index (χ1v) is 8.24. The highest BCUT2D eigenvalue weighted by Crippen LogP contribution is 2.33. The first-order chi connectivity index (χ1) is 11.1. The Kier molecular flexibility index (Phi) is 4.66. The lowest BCUT2D eigenvalue weighted by molar-refractivity contribution is -0.140. The third-order valence-electron chi connectivity index (χ3n) is 5.07. The standard InChI is InChI=1S/C18H24N2O3/c1-13-5-3-4-6-15(13)17(21)20-11-14-7-8-19(9-10-23-2)18(22)16(14)12-20/h3-6,14,16H,7-12H2,1-2H3/t14-,16-/m1/s1. The molecule has 2 fully saturated rings. The fourth-order valence-corrected chi connectivity index (χ4v) is 3.68. The minimum Gasteiger partial charge on any atom is -0.383 e. The molecule has 0 bridgehead atoms. The molecular weight excluding hydrogens is 292 g/mol. The van der Waals surface area contributed by atoms with Gasteiger partial charge in [0.2, 0.25) is 5.91 Å². The number of hydrogen-bond acceptors (Lipinski definition) is 3. The van der Waals surface area contributed by atoms with Gasteiger partial charge in [0.1, 0.15) is 0 Å². The Labute approximate surface area is 137 Å². The Morgan fingerprint density at radius 2 is 2.09 bits per heavy atom. The highest BCUT2D eigenvalue weighted by Gasteiger charge is 2.44. The van der Waals surface area contributed by atoms with Gasteiger partial charge in [-0.05, 0) is 30.9 Å². The van der Waals surface area contributed by atoms with E-state index in [1.165, 1.54) is 0 Å². The van der Waals surface area contributed by atoms with E-state index in [2.05, 4.69) is 0 Å². The van der Waals surface area contributed by atoms with E-state index < -0.39 is 0 Å². The van der Waals surface area contributed by atoms with Crippen molar-refractivity contribution in [2.75, 3.05) is 39.9 Å². The van der Waals surface area contributed by atoms with Crippen LogP contribution < -0.4 is 0 Å². The number of fused-ring (bicyclic) bond motifs is 1. The van der Waals surface area contributed by atoms with Crippen molar-refractivity contribution in [2.45, 2.75) is 13.3 Å². The lowest BCUT2D eigenvalue weighted by atomic mass is 9.88. The van der Waals surface area contributed by atoms with E-state index in [1.807, 2.05) is 41.0 Å². The van der Waals surface area contributed by atoms with Crippen LogP contribution in [-0.4, -0.2) is 61.5 Å². The van der Waals surface area contributed by atoms with Gasteiger partial charge in [-0.2, -0.15) is 0 Å². The summed E-state index contributed by atoms with van der Waals surface area (Å²) in [6.07, 6.45) is 0.970. The van der Waals surface area contributed by atoms with Crippen molar-refractivity contribution in [3.05, 3.63) is 35.4 Å². The van der Waals surface area contributed by atoms with Crippen LogP contribution in [0.25, 0.3) is 0 Å². The van der Waals surface area contributed by atoms with E-state index >= 15 is 0 Å². The van der Waals surface area contributed by atoms with Crippen LogP contribution in [0, 0.1) is 18.8 Å². The van der Waals surface area contributed by atoms with Crippen molar-refractivity contribution in [2.24, 2.45) is 11.8 Å². The Hall–Kier alpha value is -1.88. The highest BCUT2D eigenvalue weighted by atomic mass is 16.5. The zero-order chi connectivity index (χ0) is 16.4. The summed E-state index contributed by atoms with van der Waals surface area (Å²) in [5.74, 6) is 0.481. The van der Waals surface area contributed by atoms with Gasteiger partial charge >= 0.3 is 0 Å². The number of piperidine rings is 1. The van der Waals surface area contributed by atoms with Gasteiger partial charge in [0.25, 0.3) is 5.91 Å². The van der Waals surface area contributed by atoms with Crippen molar-refractivity contribution < 1.29 is 14.3 Å². The second-order valence-electron chi connectivity index (χ2n) is 6.50. The fourth-order valence-electron chi connectivity index (χ4n) is 3.68. The number of hydrogen-bond donors (Lipinski definition) is 0. The smallest absolute Gasteiger partial charge is 0.254 e. The second kappa shape index (κ2) is 6.71. The number of benzene rings is 1. The van der Waals surface area contributed by atoms with Gasteiger partial charge in [0.15, 0.2) is 0 Å². The summed E-state index contributed by atoms with van der Waals surface area (Å²) in [4.78, 5) is 29.1. The molecule has 2 saturated heterocycles. The van der Waals surface area contributed by atoms with Crippen LogP contribution in [0.5, 0.6) is 0 Å². The lowest BCUT2D eigenvalue weighted by Crippen LogP contribution is -2.46. The van der Waals surface area contributed by atoms with Gasteiger partial charge in [-0.15, -0.1) is 0 Å². The number of nitrogens with zero attached hydrogens (tertiary/aromatic N) is 2. The number of ether oxygens (including phenoxy) is 1. The zero-order valence-corrected chi connectivity index (χ0v) is 13.8. The van der Waals surface area contributed by atoms with E-state index in [-0.39, 0.29) is 17.7 Å². The van der Waals surface area contributed by atoms with Crippen molar-refractivity contribution in [1.29, 1.82) is 0 Å². The van der Waals surface area contributed by atoms with E-state index in [9.17, 15) is 9.59 Å². The molecular formula is C18H24N2O3. The van der Waals surface area contributed by atoms with Gasteiger partial charge < -0.3 is 14.5 Å². The Morgan fingerprint density at radius 1 is 1.30 bits per heavy atom. The number of aryl methyl sites for hydroxylation is 1. The Bertz CT molecular complexity index is 602. The van der Waals surface area contributed by atoms with E-state index in [1.54, 1.807) is 7.11 Å². The maximum absolute atomic E-state index is 12.8. The summed E-state index contributed by atoms with van der Waals surface area (Å²) in [6, 6.07) is 7.65. The number of amides is 2. The predicted molar refractivity (Wildman–Crippen MR) is 87.1 cm³/mol. The van der Waals surface area contributed by atoms with Crippen LogP contribution >= 0.6 is 0 Å². The molecule has 3 rings (SSSR count). The minimum absolute atomic E-state index is 0.0476. The topological polar surface area (TPSA) is 49.9 Å². The first kappa shape index (κ1) is 16.0. The Morgan fingerprint density at radius 3 is 2.83 bits per heavy atom. The predicted octanol–water partition coefficient (Wildman–Crippen LogP) is 1.56. The lowest BCUT2D eigenvalue weighted by Gasteiger charge is -2.33. The third kappa shape index (κ3) is 3.11. The molecule has 124 valence electrons. The molecule has 2 aliphatic heterocycles. The molecule has 1 aromatic carbocycles. The SMILES string of the molecule is COCCN1CC[C@@H]2CN(C(=O)c3ccccc3C)C[C@H]2C1=O. The molecule has 0 aromatic heterocycles. The third-order valence-corrected chi connectivity index (χ3v) is 5.07. The molecule has 0 N–H and O–H groups in total. The minimum atomic E-state index is -0.0476. The van der Waals surface area contributed by atoms with E-state index in [4.69, 9.17) is 4.74 Å². The maximum Gasteiger partial charge on any atom is 0.254 e. The molecule has 1 aromatic rings. The number of rotatable bonds is 4. The van der Waals surface area contributed by atoms with Gasteiger partial charge in [-0.3, -0.25) is 9.59 Å². The molecule has 0 aliphatic carbocycles. The summed E-state index contributed by atoms with van der Waals surface area (Å²) in [7, 11) is 1.65. The summed E-state index contributed by atoms with van der Waals surface area (Å²) in [6.45, 7) is 5.17. The zero-order valence-electron chi connectivity index (χ0n) is 13.8. The van der Waals surface area contributed by atoms with Crippen molar-refractivity contribution in [3.63, 3.8) is 0 Å². The summed E-state index contributed by atoms with van der Waals surface area (Å²) >= 11 is 0. The summed E-state index contributed by atoms with van der Waals surface area (Å²) in [5, 5.41) is 0. The van der Waals surface area contributed by atoms with E-state index in [0.29, 0.717) is 32.2 Å². The molecule has 0 radical (unpaired) electrons. The number of carbonyl (C=O) groups is 2. The van der Waals surface area contributed by atoms with Gasteiger partial charge in [-0.25, -0.2) is 0 Å². The Balaban J connectivity index is 1.69. The number of carbonyl (C=O) groups excluding carboxylic acids is 2. The van der Waals surface area contributed by atoms with Crippen LogP contribution in [0.2, 0.25) is 0 Å². The van der Waals surface area contributed by atoms with Crippen LogP contribution in [0.3, 0.4) is 0 Å². The molecule has 5 nitrogen and oxygen atoms in total.